The first-order valence-corrected chi connectivity index (χ1v) is 7.34. The van der Waals surface area contributed by atoms with Crippen LogP contribution in [0.15, 0.2) is 63.8 Å². The number of rotatable bonds is 3. The summed E-state index contributed by atoms with van der Waals surface area (Å²) in [5.41, 5.74) is 1.71. The van der Waals surface area contributed by atoms with E-state index in [1.165, 1.54) is 6.07 Å². The average molecular weight is 311 g/mol. The summed E-state index contributed by atoms with van der Waals surface area (Å²) < 4.78 is 5.81. The van der Waals surface area contributed by atoms with Gasteiger partial charge in [0.2, 0.25) is 5.91 Å². The van der Waals surface area contributed by atoms with E-state index in [2.05, 4.69) is 17.9 Å². The minimum atomic E-state index is -0.218. The topological polar surface area (TPSA) is 59.3 Å². The zero-order valence-electron chi connectivity index (χ0n) is 11.6. The van der Waals surface area contributed by atoms with Crippen LogP contribution in [0.3, 0.4) is 0 Å². The van der Waals surface area contributed by atoms with E-state index in [4.69, 9.17) is 4.42 Å². The minimum Gasteiger partial charge on any atom is -0.456 e. The van der Waals surface area contributed by atoms with Crippen LogP contribution < -0.4 is 10.7 Å². The number of thiol groups is 1. The maximum absolute atomic E-state index is 12.2. The van der Waals surface area contributed by atoms with Crippen molar-refractivity contribution in [1.82, 2.24) is 0 Å². The van der Waals surface area contributed by atoms with Crippen molar-refractivity contribution in [2.45, 2.75) is 0 Å². The fourth-order valence-corrected chi connectivity index (χ4v) is 2.26. The molecule has 110 valence electrons. The van der Waals surface area contributed by atoms with Gasteiger partial charge < -0.3 is 9.73 Å². The van der Waals surface area contributed by atoms with Crippen molar-refractivity contribution in [2.24, 2.45) is 0 Å². The van der Waals surface area contributed by atoms with Crippen molar-refractivity contribution in [2.75, 3.05) is 11.1 Å². The Bertz CT molecular complexity index is 887. The van der Waals surface area contributed by atoms with E-state index in [1.54, 1.807) is 18.2 Å². The molecule has 0 aliphatic carbocycles. The molecule has 0 radical (unpaired) electrons. The Morgan fingerprint density at radius 1 is 1.09 bits per heavy atom. The Hall–Kier alpha value is -2.53. The van der Waals surface area contributed by atoms with Gasteiger partial charge in [-0.25, -0.2) is 0 Å². The van der Waals surface area contributed by atoms with Gasteiger partial charge >= 0.3 is 0 Å². The van der Waals surface area contributed by atoms with E-state index < -0.39 is 0 Å². The molecule has 0 fully saturated rings. The van der Waals surface area contributed by atoms with Crippen LogP contribution >= 0.6 is 12.6 Å². The van der Waals surface area contributed by atoms with E-state index in [-0.39, 0.29) is 17.1 Å². The lowest BCUT2D eigenvalue weighted by molar-refractivity contribution is -0.113. The van der Waals surface area contributed by atoms with Crippen molar-refractivity contribution in [3.63, 3.8) is 0 Å². The third kappa shape index (κ3) is 2.89. The van der Waals surface area contributed by atoms with E-state index >= 15 is 0 Å². The van der Waals surface area contributed by atoms with Crippen LogP contribution in [0.4, 0.5) is 5.69 Å². The van der Waals surface area contributed by atoms with Crippen molar-refractivity contribution < 1.29 is 9.21 Å². The highest BCUT2D eigenvalue weighted by Gasteiger charge is 2.08. The molecule has 0 saturated carbocycles. The second-order valence-corrected chi connectivity index (χ2v) is 5.07. The summed E-state index contributed by atoms with van der Waals surface area (Å²) in [6, 6.07) is 15.8. The molecule has 3 aromatic rings. The first-order chi connectivity index (χ1) is 10.7. The molecule has 1 amide bonds. The van der Waals surface area contributed by atoms with E-state index in [0.717, 1.165) is 5.56 Å². The van der Waals surface area contributed by atoms with E-state index in [0.29, 0.717) is 22.4 Å². The number of carbonyl (C=O) groups excluding carboxylic acids is 1. The van der Waals surface area contributed by atoms with Crippen molar-refractivity contribution >= 4 is 35.2 Å². The zero-order chi connectivity index (χ0) is 15.5. The molecule has 0 atom stereocenters. The molecule has 1 N–H and O–H groups in total. The van der Waals surface area contributed by atoms with Crippen LogP contribution in [0.5, 0.6) is 0 Å². The van der Waals surface area contributed by atoms with Gasteiger partial charge in [0, 0.05) is 23.4 Å². The molecule has 5 heteroatoms. The van der Waals surface area contributed by atoms with Crippen LogP contribution in [-0.2, 0) is 4.79 Å². The third-order valence-electron chi connectivity index (χ3n) is 3.21. The highest BCUT2D eigenvalue weighted by atomic mass is 32.1. The molecular weight excluding hydrogens is 298 g/mol. The van der Waals surface area contributed by atoms with Crippen molar-refractivity contribution in [3.8, 4) is 11.3 Å². The van der Waals surface area contributed by atoms with Crippen LogP contribution in [0, 0.1) is 0 Å². The molecular formula is C17H13NO3S. The lowest BCUT2D eigenvalue weighted by Crippen LogP contribution is -2.12. The Morgan fingerprint density at radius 2 is 1.86 bits per heavy atom. The minimum absolute atomic E-state index is 0.0893. The summed E-state index contributed by atoms with van der Waals surface area (Å²) in [4.78, 5) is 23.6. The number of hydrogen-bond acceptors (Lipinski definition) is 4. The molecule has 1 heterocycles. The Labute approximate surface area is 132 Å². The van der Waals surface area contributed by atoms with Crippen molar-refractivity contribution in [1.29, 1.82) is 0 Å². The molecule has 1 aromatic heterocycles. The molecule has 0 saturated heterocycles. The van der Waals surface area contributed by atoms with Crippen molar-refractivity contribution in [3.05, 3.63) is 64.8 Å². The summed E-state index contributed by atoms with van der Waals surface area (Å²) in [6.45, 7) is 0. The Balaban J connectivity index is 2.11. The summed E-state index contributed by atoms with van der Waals surface area (Å²) >= 11 is 3.91. The number of carbonyl (C=O) groups is 1. The lowest BCUT2D eigenvalue weighted by Gasteiger charge is -2.06. The zero-order valence-corrected chi connectivity index (χ0v) is 12.5. The van der Waals surface area contributed by atoms with Crippen LogP contribution in [0.1, 0.15) is 0 Å². The molecule has 0 spiro atoms. The SMILES string of the molecule is O=C(CS)Nc1ccc2c(=O)cc(-c3ccccc3)oc2c1. The molecule has 22 heavy (non-hydrogen) atoms. The third-order valence-corrected chi connectivity index (χ3v) is 3.50. The average Bonchev–Trinajstić information content (AvgIpc) is 2.55. The van der Waals surface area contributed by atoms with Gasteiger partial charge in [-0.2, -0.15) is 12.6 Å². The molecule has 0 unspecified atom stereocenters. The first-order valence-electron chi connectivity index (χ1n) is 6.71. The molecule has 2 aromatic carbocycles. The highest BCUT2D eigenvalue weighted by molar-refractivity contribution is 7.81. The fourth-order valence-electron chi connectivity index (χ4n) is 2.18. The quantitative estimate of drug-likeness (QED) is 0.729. The molecule has 3 rings (SSSR count). The van der Waals surface area contributed by atoms with Gasteiger partial charge in [-0.3, -0.25) is 9.59 Å². The van der Waals surface area contributed by atoms with Gasteiger partial charge in [0.1, 0.15) is 11.3 Å². The van der Waals surface area contributed by atoms with Gasteiger partial charge in [-0.1, -0.05) is 30.3 Å². The second kappa shape index (κ2) is 6.07. The maximum Gasteiger partial charge on any atom is 0.234 e. The smallest absolute Gasteiger partial charge is 0.234 e. The Kier molecular flexibility index (Phi) is 3.98. The highest BCUT2D eigenvalue weighted by Crippen LogP contribution is 2.23. The monoisotopic (exact) mass is 311 g/mol. The molecule has 4 nitrogen and oxygen atoms in total. The van der Waals surface area contributed by atoms with E-state index in [1.807, 2.05) is 30.3 Å². The maximum atomic E-state index is 12.2. The summed E-state index contributed by atoms with van der Waals surface area (Å²) in [6.07, 6.45) is 0. The molecule has 0 bridgehead atoms. The summed E-state index contributed by atoms with van der Waals surface area (Å²) in [5.74, 6) is 0.367. The van der Waals surface area contributed by atoms with Crippen LogP contribution in [-0.4, -0.2) is 11.7 Å². The number of hydrogen-bond donors (Lipinski definition) is 2. The van der Waals surface area contributed by atoms with Gasteiger partial charge in [0.05, 0.1) is 11.1 Å². The number of amides is 1. The first kappa shape index (κ1) is 14.4. The largest absolute Gasteiger partial charge is 0.456 e. The predicted molar refractivity (Wildman–Crippen MR) is 90.4 cm³/mol. The normalized spacial score (nSPS) is 10.6. The standard InChI is InChI=1S/C17H13NO3S/c19-14-9-15(11-4-2-1-3-5-11)21-16-8-12(6-7-13(14)16)18-17(20)10-22/h1-9,22H,10H2,(H,18,20). The van der Waals surface area contributed by atoms with E-state index in [9.17, 15) is 9.59 Å². The number of nitrogens with one attached hydrogen (secondary N) is 1. The second-order valence-electron chi connectivity index (χ2n) is 4.76. The fraction of sp³-hybridized carbons (Fsp3) is 0.0588. The lowest BCUT2D eigenvalue weighted by atomic mass is 10.1. The van der Waals surface area contributed by atoms with Crippen LogP contribution in [0.25, 0.3) is 22.3 Å². The van der Waals surface area contributed by atoms with Gasteiger partial charge in [-0.15, -0.1) is 0 Å². The summed E-state index contributed by atoms with van der Waals surface area (Å²) in [7, 11) is 0. The van der Waals surface area contributed by atoms with Gasteiger partial charge in [0.25, 0.3) is 0 Å². The molecule has 0 aliphatic rings. The van der Waals surface area contributed by atoms with Gasteiger partial charge in [0.15, 0.2) is 5.43 Å². The number of anilines is 1. The number of fused-ring (bicyclic) bond motifs is 1. The molecule has 0 aliphatic heterocycles. The number of benzene rings is 2. The van der Waals surface area contributed by atoms with Crippen LogP contribution in [0.2, 0.25) is 0 Å². The summed E-state index contributed by atoms with van der Waals surface area (Å²) in [5, 5.41) is 3.16. The predicted octanol–water partition coefficient (Wildman–Crippen LogP) is 3.33. The Morgan fingerprint density at radius 3 is 2.59 bits per heavy atom. The van der Waals surface area contributed by atoms with Gasteiger partial charge in [-0.05, 0) is 12.1 Å².